The van der Waals surface area contributed by atoms with E-state index < -0.39 is 0 Å². The van der Waals surface area contributed by atoms with Crippen molar-refractivity contribution >= 4 is 0 Å². The van der Waals surface area contributed by atoms with Crippen molar-refractivity contribution in [2.24, 2.45) is 0 Å². The van der Waals surface area contributed by atoms with Gasteiger partial charge in [-0.3, -0.25) is 9.80 Å². The van der Waals surface area contributed by atoms with Gasteiger partial charge in [-0.05, 0) is 48.2 Å². The van der Waals surface area contributed by atoms with Crippen LogP contribution in [0.15, 0.2) is 48.5 Å². The maximum Gasteiger partial charge on any atom is 0.123 e. The van der Waals surface area contributed by atoms with Gasteiger partial charge in [0.15, 0.2) is 0 Å². The third-order valence-corrected chi connectivity index (χ3v) is 5.92. The highest BCUT2D eigenvalue weighted by molar-refractivity contribution is 5.18. The number of nitrogens with zero attached hydrogens (tertiary/aromatic N) is 2. The summed E-state index contributed by atoms with van der Waals surface area (Å²) in [5.41, 5.74) is 2.21. The van der Waals surface area contributed by atoms with Crippen LogP contribution < -0.4 is 0 Å². The van der Waals surface area contributed by atoms with Crippen LogP contribution in [0.2, 0.25) is 0 Å². The molecule has 0 saturated carbocycles. The predicted molar refractivity (Wildman–Crippen MR) is 101 cm³/mol. The molecule has 2 fully saturated rings. The third-order valence-electron chi connectivity index (χ3n) is 5.92. The third kappa shape index (κ3) is 4.37. The monoisotopic (exact) mass is 372 g/mol. The van der Waals surface area contributed by atoms with Crippen LogP contribution >= 0.6 is 0 Å². The van der Waals surface area contributed by atoms with Crippen LogP contribution in [0.4, 0.5) is 8.78 Å². The Morgan fingerprint density at radius 1 is 0.852 bits per heavy atom. The summed E-state index contributed by atoms with van der Waals surface area (Å²) in [5, 5.41) is 0. The summed E-state index contributed by atoms with van der Waals surface area (Å²) in [4.78, 5) is 4.91. The molecule has 2 saturated heterocycles. The molecule has 2 aromatic carbocycles. The molecule has 4 rings (SSSR count). The standard InChI is InChI=1S/C22H26F2N2O/c23-20-6-4-18(5-7-20)16-26-12-13-27-17-22(26)8-10-25(11-9-22)15-19-2-1-3-21(24)14-19/h1-7,14H,8-13,15-17H2. The molecule has 0 bridgehead atoms. The van der Waals surface area contributed by atoms with Gasteiger partial charge in [0.05, 0.1) is 13.2 Å². The highest BCUT2D eigenvalue weighted by Crippen LogP contribution is 2.33. The van der Waals surface area contributed by atoms with Gasteiger partial charge in [0.2, 0.25) is 0 Å². The summed E-state index contributed by atoms with van der Waals surface area (Å²) in [6, 6.07) is 13.7. The molecule has 3 nitrogen and oxygen atoms in total. The maximum absolute atomic E-state index is 13.4. The van der Waals surface area contributed by atoms with Crippen molar-refractivity contribution in [2.75, 3.05) is 32.8 Å². The van der Waals surface area contributed by atoms with E-state index in [2.05, 4.69) is 9.80 Å². The number of ether oxygens (including phenoxy) is 1. The van der Waals surface area contributed by atoms with Gasteiger partial charge in [0.1, 0.15) is 11.6 Å². The van der Waals surface area contributed by atoms with Crippen molar-refractivity contribution in [3.05, 3.63) is 71.3 Å². The molecule has 1 spiro atoms. The number of morpholine rings is 1. The first kappa shape index (κ1) is 18.5. The number of benzene rings is 2. The molecular formula is C22H26F2N2O. The Morgan fingerprint density at radius 2 is 1.63 bits per heavy atom. The Labute approximate surface area is 159 Å². The van der Waals surface area contributed by atoms with E-state index >= 15 is 0 Å². The van der Waals surface area contributed by atoms with Gasteiger partial charge in [-0.25, -0.2) is 8.78 Å². The van der Waals surface area contributed by atoms with E-state index in [9.17, 15) is 8.78 Å². The minimum Gasteiger partial charge on any atom is -0.378 e. The second-order valence-electron chi connectivity index (χ2n) is 7.73. The lowest BCUT2D eigenvalue weighted by Gasteiger charge is -2.51. The van der Waals surface area contributed by atoms with E-state index in [0.717, 1.165) is 69.9 Å². The van der Waals surface area contributed by atoms with Gasteiger partial charge >= 0.3 is 0 Å². The lowest BCUT2D eigenvalue weighted by Crippen LogP contribution is -2.60. The molecule has 0 unspecified atom stereocenters. The summed E-state index contributed by atoms with van der Waals surface area (Å²) in [5.74, 6) is -0.367. The van der Waals surface area contributed by atoms with Crippen LogP contribution in [-0.2, 0) is 17.8 Å². The fourth-order valence-corrected chi connectivity index (χ4v) is 4.30. The fourth-order valence-electron chi connectivity index (χ4n) is 4.30. The van der Waals surface area contributed by atoms with Gasteiger partial charge in [-0.2, -0.15) is 0 Å². The highest BCUT2D eigenvalue weighted by Gasteiger charge is 2.42. The number of likely N-dealkylation sites (tertiary alicyclic amines) is 1. The van der Waals surface area contributed by atoms with Crippen molar-refractivity contribution in [1.82, 2.24) is 9.80 Å². The summed E-state index contributed by atoms with van der Waals surface area (Å²) in [6.07, 6.45) is 2.06. The normalized spacial score (nSPS) is 20.8. The molecule has 0 atom stereocenters. The maximum atomic E-state index is 13.4. The van der Waals surface area contributed by atoms with E-state index in [1.54, 1.807) is 12.1 Å². The lowest BCUT2D eigenvalue weighted by molar-refractivity contribution is -0.0995. The predicted octanol–water partition coefficient (Wildman–Crippen LogP) is 3.83. The topological polar surface area (TPSA) is 15.7 Å². The second kappa shape index (κ2) is 8.05. The number of rotatable bonds is 4. The largest absolute Gasteiger partial charge is 0.378 e. The van der Waals surface area contributed by atoms with Gasteiger partial charge in [-0.1, -0.05) is 24.3 Å². The molecule has 2 aromatic rings. The molecule has 2 heterocycles. The molecule has 0 aromatic heterocycles. The molecule has 2 aliphatic heterocycles. The molecule has 2 aliphatic rings. The Bertz CT molecular complexity index is 757. The molecular weight excluding hydrogens is 346 g/mol. The van der Waals surface area contributed by atoms with Crippen LogP contribution in [0.1, 0.15) is 24.0 Å². The summed E-state index contributed by atoms with van der Waals surface area (Å²) in [6.45, 7) is 5.96. The Hall–Kier alpha value is -1.82. The molecule has 27 heavy (non-hydrogen) atoms. The minimum atomic E-state index is -0.193. The zero-order valence-electron chi connectivity index (χ0n) is 15.5. The summed E-state index contributed by atoms with van der Waals surface area (Å²) in [7, 11) is 0. The minimum absolute atomic E-state index is 0.0467. The van der Waals surface area contributed by atoms with Crippen molar-refractivity contribution in [3.63, 3.8) is 0 Å². The molecule has 0 aliphatic carbocycles. The van der Waals surface area contributed by atoms with Crippen molar-refractivity contribution < 1.29 is 13.5 Å². The van der Waals surface area contributed by atoms with Gasteiger partial charge in [-0.15, -0.1) is 0 Å². The smallest absolute Gasteiger partial charge is 0.123 e. The van der Waals surface area contributed by atoms with E-state index in [4.69, 9.17) is 4.74 Å². The number of hydrogen-bond donors (Lipinski definition) is 0. The molecule has 0 amide bonds. The van der Waals surface area contributed by atoms with E-state index in [1.165, 1.54) is 18.2 Å². The Balaban J connectivity index is 1.40. The van der Waals surface area contributed by atoms with Crippen LogP contribution in [0.25, 0.3) is 0 Å². The van der Waals surface area contributed by atoms with Gasteiger partial charge in [0.25, 0.3) is 0 Å². The van der Waals surface area contributed by atoms with Crippen LogP contribution in [0.5, 0.6) is 0 Å². The summed E-state index contributed by atoms with van der Waals surface area (Å²) >= 11 is 0. The van der Waals surface area contributed by atoms with Crippen molar-refractivity contribution in [2.45, 2.75) is 31.5 Å². The Morgan fingerprint density at radius 3 is 2.37 bits per heavy atom. The molecule has 144 valence electrons. The molecule has 0 N–H and O–H groups in total. The van der Waals surface area contributed by atoms with E-state index in [0.29, 0.717) is 0 Å². The van der Waals surface area contributed by atoms with E-state index in [1.807, 2.05) is 18.2 Å². The van der Waals surface area contributed by atoms with Crippen molar-refractivity contribution in [1.29, 1.82) is 0 Å². The zero-order valence-corrected chi connectivity index (χ0v) is 15.5. The second-order valence-corrected chi connectivity index (χ2v) is 7.73. The lowest BCUT2D eigenvalue weighted by atomic mass is 9.84. The van der Waals surface area contributed by atoms with Gasteiger partial charge < -0.3 is 4.74 Å². The van der Waals surface area contributed by atoms with Crippen LogP contribution in [0, 0.1) is 11.6 Å². The first-order chi connectivity index (χ1) is 13.1. The zero-order chi connectivity index (χ0) is 18.7. The average Bonchev–Trinajstić information content (AvgIpc) is 2.67. The number of halogens is 2. The summed E-state index contributed by atoms with van der Waals surface area (Å²) < 4.78 is 32.5. The fraction of sp³-hybridized carbons (Fsp3) is 0.455. The van der Waals surface area contributed by atoms with Gasteiger partial charge in [0, 0.05) is 38.3 Å². The molecule has 0 radical (unpaired) electrons. The first-order valence-corrected chi connectivity index (χ1v) is 9.67. The number of piperidine rings is 1. The van der Waals surface area contributed by atoms with E-state index in [-0.39, 0.29) is 17.2 Å². The first-order valence-electron chi connectivity index (χ1n) is 9.67. The highest BCUT2D eigenvalue weighted by atomic mass is 19.1. The SMILES string of the molecule is Fc1ccc(CN2CCOCC23CCN(Cc2cccc(F)c2)CC3)cc1. The van der Waals surface area contributed by atoms with Crippen LogP contribution in [0.3, 0.4) is 0 Å². The molecule has 5 heteroatoms. The van der Waals surface area contributed by atoms with Crippen LogP contribution in [-0.4, -0.2) is 48.2 Å². The Kier molecular flexibility index (Phi) is 5.53. The van der Waals surface area contributed by atoms with Crippen molar-refractivity contribution in [3.8, 4) is 0 Å². The quantitative estimate of drug-likeness (QED) is 0.811. The average molecular weight is 372 g/mol. The number of hydrogen-bond acceptors (Lipinski definition) is 3.